The molecule has 0 aromatic heterocycles. The first-order valence-corrected chi connectivity index (χ1v) is 4.07. The Kier molecular flexibility index (Phi) is 3.22. The van der Waals surface area contributed by atoms with E-state index in [2.05, 4.69) is 6.11 Å². The summed E-state index contributed by atoms with van der Waals surface area (Å²) in [6.07, 6.45) is 6.63. The molecule has 2 nitrogen and oxygen atoms in total. The van der Waals surface area contributed by atoms with E-state index < -0.39 is 6.29 Å². The van der Waals surface area contributed by atoms with E-state index in [4.69, 9.17) is 15.9 Å². The average Bonchev–Trinajstić information content (AvgIpc) is 2.04. The van der Waals surface area contributed by atoms with Gasteiger partial charge in [-0.1, -0.05) is 18.6 Å². The Balaban J connectivity index is 2.59. The minimum atomic E-state index is -0.410. The first-order valence-electron chi connectivity index (χ1n) is 4.07. The van der Waals surface area contributed by atoms with Crippen LogP contribution in [-0.4, -0.2) is 6.29 Å². The fourth-order valence-electron chi connectivity index (χ4n) is 1.00. The summed E-state index contributed by atoms with van der Waals surface area (Å²) in [7, 11) is 0. The normalized spacial score (nSPS) is 11.5. The molecule has 0 bridgehead atoms. The second kappa shape index (κ2) is 4.42. The Morgan fingerprint density at radius 3 is 2.85 bits per heavy atom. The number of hydrogen-bond donors (Lipinski definition) is 0. The van der Waals surface area contributed by atoms with Crippen LogP contribution < -0.4 is 4.74 Å². The molecule has 0 amide bonds. The smallest absolute Gasteiger partial charge is 0.248 e. The summed E-state index contributed by atoms with van der Waals surface area (Å²) in [5.74, 6) is 0.766. The van der Waals surface area contributed by atoms with Gasteiger partial charge in [0, 0.05) is 6.92 Å². The van der Waals surface area contributed by atoms with E-state index in [1.807, 2.05) is 31.2 Å². The molecule has 1 rings (SSSR count). The molecule has 1 atom stereocenters. The molecule has 0 heterocycles. The Hall–Kier alpha value is -1.62. The van der Waals surface area contributed by atoms with E-state index in [0.717, 1.165) is 11.3 Å². The molecule has 13 heavy (non-hydrogen) atoms. The molecule has 0 aliphatic carbocycles. The summed E-state index contributed by atoms with van der Waals surface area (Å²) in [5, 5.41) is 0. The molecule has 68 valence electrons. The largest absolute Gasteiger partial charge is 0.454 e. The molecule has 0 aliphatic rings. The van der Waals surface area contributed by atoms with Gasteiger partial charge in [-0.3, -0.25) is 0 Å². The van der Waals surface area contributed by atoms with Gasteiger partial charge in [0.05, 0.1) is 0 Å². The topological polar surface area (TPSA) is 18.5 Å². The molecule has 0 N–H and O–H groups in total. The number of aryl methyl sites for hydroxylation is 1. The molecule has 1 aromatic carbocycles. The third kappa shape index (κ3) is 3.08. The van der Waals surface area contributed by atoms with E-state index in [0.29, 0.717) is 0 Å². The highest BCUT2D eigenvalue weighted by atomic mass is 16.7. The predicted octanol–water partition coefficient (Wildman–Crippen LogP) is 2.33. The molecule has 0 fully saturated rings. The van der Waals surface area contributed by atoms with Crippen LogP contribution in [0.2, 0.25) is 0 Å². The molecule has 0 aliphatic heterocycles. The third-order valence-corrected chi connectivity index (χ3v) is 1.53. The van der Waals surface area contributed by atoms with E-state index in [1.54, 1.807) is 6.92 Å². The number of benzene rings is 1. The fourth-order valence-corrected chi connectivity index (χ4v) is 1.00. The van der Waals surface area contributed by atoms with E-state index in [9.17, 15) is 0 Å². The van der Waals surface area contributed by atoms with E-state index in [-0.39, 0.29) is 0 Å². The SMILES string of the molecule is C#COC(C)Oc1cccc(C)c1. The molecular weight excluding hydrogens is 164 g/mol. The van der Waals surface area contributed by atoms with Gasteiger partial charge in [-0.2, -0.15) is 0 Å². The van der Waals surface area contributed by atoms with Gasteiger partial charge in [0.25, 0.3) is 0 Å². The van der Waals surface area contributed by atoms with Gasteiger partial charge in [-0.25, -0.2) is 0 Å². The van der Waals surface area contributed by atoms with Crippen LogP contribution in [0.5, 0.6) is 5.75 Å². The molecular formula is C11H12O2. The van der Waals surface area contributed by atoms with Crippen molar-refractivity contribution in [1.82, 2.24) is 0 Å². The Bertz CT molecular complexity index is 312. The van der Waals surface area contributed by atoms with Crippen LogP contribution in [0, 0.1) is 19.5 Å². The summed E-state index contributed by atoms with van der Waals surface area (Å²) < 4.78 is 10.2. The van der Waals surface area contributed by atoms with Gasteiger partial charge in [0.15, 0.2) is 0 Å². The van der Waals surface area contributed by atoms with Crippen LogP contribution in [0.4, 0.5) is 0 Å². The maximum absolute atomic E-state index is 5.37. The predicted molar refractivity (Wildman–Crippen MR) is 51.2 cm³/mol. The number of ether oxygens (including phenoxy) is 2. The Labute approximate surface area is 78.5 Å². The maximum atomic E-state index is 5.37. The molecule has 0 radical (unpaired) electrons. The fraction of sp³-hybridized carbons (Fsp3) is 0.273. The quantitative estimate of drug-likeness (QED) is 0.519. The summed E-state index contributed by atoms with van der Waals surface area (Å²) >= 11 is 0. The summed E-state index contributed by atoms with van der Waals surface area (Å²) in [6, 6.07) is 7.71. The Morgan fingerprint density at radius 1 is 1.46 bits per heavy atom. The van der Waals surface area contributed by atoms with Gasteiger partial charge >= 0.3 is 0 Å². The van der Waals surface area contributed by atoms with Crippen molar-refractivity contribution in [3.8, 4) is 18.3 Å². The van der Waals surface area contributed by atoms with Crippen LogP contribution in [0.3, 0.4) is 0 Å². The lowest BCUT2D eigenvalue weighted by Crippen LogP contribution is -2.13. The van der Waals surface area contributed by atoms with Crippen molar-refractivity contribution in [2.45, 2.75) is 20.1 Å². The van der Waals surface area contributed by atoms with Gasteiger partial charge < -0.3 is 9.47 Å². The summed E-state index contributed by atoms with van der Waals surface area (Å²) in [6.45, 7) is 3.75. The average molecular weight is 176 g/mol. The molecule has 1 unspecified atom stereocenters. The zero-order chi connectivity index (χ0) is 9.68. The molecule has 1 aromatic rings. The highest BCUT2D eigenvalue weighted by molar-refractivity contribution is 5.27. The number of terminal acetylenes is 1. The summed E-state index contributed by atoms with van der Waals surface area (Å²) in [4.78, 5) is 0. The van der Waals surface area contributed by atoms with Gasteiger partial charge in [0.2, 0.25) is 6.29 Å². The zero-order valence-electron chi connectivity index (χ0n) is 7.78. The van der Waals surface area contributed by atoms with Gasteiger partial charge in [0.1, 0.15) is 11.9 Å². The first kappa shape index (κ1) is 9.47. The van der Waals surface area contributed by atoms with Crippen LogP contribution in [0.1, 0.15) is 12.5 Å². The minimum absolute atomic E-state index is 0.410. The van der Waals surface area contributed by atoms with E-state index >= 15 is 0 Å². The monoisotopic (exact) mass is 176 g/mol. The lowest BCUT2D eigenvalue weighted by atomic mass is 10.2. The van der Waals surface area contributed by atoms with Crippen molar-refractivity contribution in [2.75, 3.05) is 0 Å². The maximum Gasteiger partial charge on any atom is 0.248 e. The van der Waals surface area contributed by atoms with Gasteiger partial charge in [-0.05, 0) is 24.6 Å². The van der Waals surface area contributed by atoms with Crippen LogP contribution in [0.25, 0.3) is 0 Å². The number of rotatable bonds is 3. The van der Waals surface area contributed by atoms with Crippen LogP contribution in [0.15, 0.2) is 24.3 Å². The zero-order valence-corrected chi connectivity index (χ0v) is 7.78. The third-order valence-electron chi connectivity index (χ3n) is 1.53. The second-order valence-corrected chi connectivity index (χ2v) is 2.74. The highest BCUT2D eigenvalue weighted by Crippen LogP contribution is 2.14. The van der Waals surface area contributed by atoms with Crippen molar-refractivity contribution in [1.29, 1.82) is 0 Å². The first-order chi connectivity index (χ1) is 6.22. The van der Waals surface area contributed by atoms with Crippen molar-refractivity contribution >= 4 is 0 Å². The van der Waals surface area contributed by atoms with E-state index in [1.165, 1.54) is 0 Å². The van der Waals surface area contributed by atoms with Crippen molar-refractivity contribution in [2.24, 2.45) is 0 Å². The standard InChI is InChI=1S/C11H12O2/c1-4-12-10(3)13-11-7-5-6-9(2)8-11/h1,5-8,10H,2-3H3. The lowest BCUT2D eigenvalue weighted by Gasteiger charge is -2.12. The van der Waals surface area contributed by atoms with Crippen LogP contribution in [-0.2, 0) is 4.74 Å². The second-order valence-electron chi connectivity index (χ2n) is 2.74. The van der Waals surface area contributed by atoms with Crippen molar-refractivity contribution < 1.29 is 9.47 Å². The minimum Gasteiger partial charge on any atom is -0.454 e. The molecule has 0 spiro atoms. The molecule has 0 saturated carbocycles. The Morgan fingerprint density at radius 2 is 2.23 bits per heavy atom. The van der Waals surface area contributed by atoms with Crippen molar-refractivity contribution in [3.05, 3.63) is 29.8 Å². The number of hydrogen-bond acceptors (Lipinski definition) is 2. The van der Waals surface area contributed by atoms with Gasteiger partial charge in [-0.15, -0.1) is 0 Å². The molecule has 0 saturated heterocycles. The van der Waals surface area contributed by atoms with Crippen LogP contribution >= 0.6 is 0 Å². The summed E-state index contributed by atoms with van der Waals surface area (Å²) in [5.41, 5.74) is 1.14. The van der Waals surface area contributed by atoms with Crippen molar-refractivity contribution in [3.63, 3.8) is 0 Å². The highest BCUT2D eigenvalue weighted by Gasteiger charge is 2.01. The lowest BCUT2D eigenvalue weighted by molar-refractivity contribution is -0.000969. The molecule has 2 heteroatoms.